The van der Waals surface area contributed by atoms with Gasteiger partial charge in [0, 0.05) is 17.6 Å². The quantitative estimate of drug-likeness (QED) is 0.635. The molecule has 21 heavy (non-hydrogen) atoms. The van der Waals surface area contributed by atoms with Crippen molar-refractivity contribution in [3.63, 3.8) is 0 Å². The van der Waals surface area contributed by atoms with Crippen LogP contribution >= 0.6 is 11.6 Å². The van der Waals surface area contributed by atoms with Crippen molar-refractivity contribution < 1.29 is 14.3 Å². The Balaban J connectivity index is 2.03. The summed E-state index contributed by atoms with van der Waals surface area (Å²) in [5, 5.41) is 0.621. The third-order valence-electron chi connectivity index (χ3n) is 3.36. The van der Waals surface area contributed by atoms with E-state index in [1.165, 1.54) is 6.08 Å². The highest BCUT2D eigenvalue weighted by Gasteiger charge is 2.33. The van der Waals surface area contributed by atoms with Crippen LogP contribution in [-0.2, 0) is 14.3 Å². The summed E-state index contributed by atoms with van der Waals surface area (Å²) in [4.78, 5) is 25.6. The van der Waals surface area contributed by atoms with Crippen LogP contribution in [0, 0.1) is 0 Å². The molecule has 0 spiro atoms. The van der Waals surface area contributed by atoms with E-state index in [2.05, 4.69) is 0 Å². The van der Waals surface area contributed by atoms with Gasteiger partial charge < -0.3 is 9.64 Å². The third-order valence-corrected chi connectivity index (χ3v) is 3.60. The zero-order valence-corrected chi connectivity index (χ0v) is 12.7. The predicted molar refractivity (Wildman–Crippen MR) is 81.9 cm³/mol. The van der Waals surface area contributed by atoms with Gasteiger partial charge >= 0.3 is 5.97 Å². The standard InChI is InChI=1S/C16H18ClNO3/c1-2-21-16(20)14-7-4-10-18(14)15(19)9-8-12-5-3-6-13(17)11-12/h3,5-6,8-9,11,14H,2,4,7,10H2,1H3. The number of carbonyl (C=O) groups is 2. The number of benzene rings is 1. The average molecular weight is 308 g/mol. The minimum atomic E-state index is -0.457. The number of nitrogens with zero attached hydrogens (tertiary/aromatic N) is 1. The van der Waals surface area contributed by atoms with Crippen LogP contribution in [0.4, 0.5) is 0 Å². The second-order valence-corrected chi connectivity index (χ2v) is 5.27. The molecule has 1 atom stereocenters. The molecule has 2 rings (SSSR count). The topological polar surface area (TPSA) is 46.6 Å². The van der Waals surface area contributed by atoms with Crippen molar-refractivity contribution in [3.05, 3.63) is 40.9 Å². The van der Waals surface area contributed by atoms with E-state index >= 15 is 0 Å². The van der Waals surface area contributed by atoms with Gasteiger partial charge in [0.05, 0.1) is 6.61 Å². The number of amides is 1. The Morgan fingerprint density at radius 1 is 1.48 bits per heavy atom. The maximum Gasteiger partial charge on any atom is 0.328 e. The van der Waals surface area contributed by atoms with Gasteiger partial charge in [-0.05, 0) is 43.5 Å². The van der Waals surface area contributed by atoms with Crippen molar-refractivity contribution >= 4 is 29.6 Å². The molecule has 1 aliphatic rings. The van der Waals surface area contributed by atoms with Gasteiger partial charge in [-0.1, -0.05) is 23.7 Å². The highest BCUT2D eigenvalue weighted by Crippen LogP contribution is 2.19. The van der Waals surface area contributed by atoms with Crippen molar-refractivity contribution in [1.82, 2.24) is 4.90 Å². The molecule has 0 saturated carbocycles. The molecule has 1 aromatic carbocycles. The summed E-state index contributed by atoms with van der Waals surface area (Å²) in [6.45, 7) is 2.68. The first-order chi connectivity index (χ1) is 10.1. The number of halogens is 1. The molecule has 0 bridgehead atoms. The van der Waals surface area contributed by atoms with Gasteiger partial charge in [0.15, 0.2) is 0 Å². The SMILES string of the molecule is CCOC(=O)C1CCCN1C(=O)C=Cc1cccc(Cl)c1. The number of hydrogen-bond acceptors (Lipinski definition) is 3. The number of hydrogen-bond donors (Lipinski definition) is 0. The number of ether oxygens (including phenoxy) is 1. The molecule has 0 aromatic heterocycles. The van der Waals surface area contributed by atoms with E-state index in [0.717, 1.165) is 12.0 Å². The highest BCUT2D eigenvalue weighted by atomic mass is 35.5. The zero-order valence-electron chi connectivity index (χ0n) is 11.9. The lowest BCUT2D eigenvalue weighted by Crippen LogP contribution is -2.40. The fraction of sp³-hybridized carbons (Fsp3) is 0.375. The summed E-state index contributed by atoms with van der Waals surface area (Å²) in [5.74, 6) is -0.495. The van der Waals surface area contributed by atoms with Crippen LogP contribution in [0.3, 0.4) is 0 Å². The normalized spacial score (nSPS) is 18.2. The molecule has 0 N–H and O–H groups in total. The Labute approximate surface area is 129 Å². The summed E-state index contributed by atoms with van der Waals surface area (Å²) in [6, 6.07) is 6.78. The zero-order chi connectivity index (χ0) is 15.2. The van der Waals surface area contributed by atoms with Crippen LogP contribution in [0.1, 0.15) is 25.3 Å². The van der Waals surface area contributed by atoms with Crippen LogP contribution < -0.4 is 0 Å². The first-order valence-corrected chi connectivity index (χ1v) is 7.40. The average Bonchev–Trinajstić information content (AvgIpc) is 2.94. The van der Waals surface area contributed by atoms with E-state index in [-0.39, 0.29) is 11.9 Å². The first kappa shape index (κ1) is 15.6. The monoisotopic (exact) mass is 307 g/mol. The first-order valence-electron chi connectivity index (χ1n) is 7.02. The molecule has 1 unspecified atom stereocenters. The molecule has 1 amide bonds. The lowest BCUT2D eigenvalue weighted by Gasteiger charge is -2.21. The molecular weight excluding hydrogens is 290 g/mol. The molecule has 1 aromatic rings. The van der Waals surface area contributed by atoms with Gasteiger partial charge in [-0.3, -0.25) is 4.79 Å². The maximum atomic E-state index is 12.2. The molecule has 4 nitrogen and oxygen atoms in total. The van der Waals surface area contributed by atoms with Gasteiger partial charge in [-0.25, -0.2) is 4.79 Å². The van der Waals surface area contributed by atoms with E-state index in [9.17, 15) is 9.59 Å². The Morgan fingerprint density at radius 3 is 3.00 bits per heavy atom. The Hall–Kier alpha value is -1.81. The van der Waals surface area contributed by atoms with E-state index in [1.54, 1.807) is 30.0 Å². The summed E-state index contributed by atoms with van der Waals surface area (Å²) >= 11 is 5.90. The molecule has 0 aliphatic carbocycles. The summed E-state index contributed by atoms with van der Waals surface area (Å²) in [6.07, 6.45) is 4.66. The van der Waals surface area contributed by atoms with Crippen LogP contribution in [0.25, 0.3) is 6.08 Å². The van der Waals surface area contributed by atoms with Crippen LogP contribution in [0.5, 0.6) is 0 Å². The van der Waals surface area contributed by atoms with Crippen molar-refractivity contribution in [2.24, 2.45) is 0 Å². The lowest BCUT2D eigenvalue weighted by molar-refractivity contribution is -0.151. The number of carbonyl (C=O) groups excluding carboxylic acids is 2. The number of esters is 1. The lowest BCUT2D eigenvalue weighted by atomic mass is 10.2. The minimum Gasteiger partial charge on any atom is -0.464 e. The van der Waals surface area contributed by atoms with E-state index in [4.69, 9.17) is 16.3 Å². The molecule has 1 heterocycles. The van der Waals surface area contributed by atoms with Crippen LogP contribution in [0.2, 0.25) is 5.02 Å². The summed E-state index contributed by atoms with van der Waals surface area (Å²) in [7, 11) is 0. The van der Waals surface area contributed by atoms with E-state index in [1.807, 2.05) is 12.1 Å². The smallest absolute Gasteiger partial charge is 0.328 e. The van der Waals surface area contributed by atoms with Crippen molar-refractivity contribution in [1.29, 1.82) is 0 Å². The highest BCUT2D eigenvalue weighted by molar-refractivity contribution is 6.30. The van der Waals surface area contributed by atoms with E-state index in [0.29, 0.717) is 24.6 Å². The van der Waals surface area contributed by atoms with Gasteiger partial charge in [-0.15, -0.1) is 0 Å². The Morgan fingerprint density at radius 2 is 2.29 bits per heavy atom. The van der Waals surface area contributed by atoms with Gasteiger partial charge in [0.25, 0.3) is 0 Å². The molecular formula is C16H18ClNO3. The Kier molecular flexibility index (Phi) is 5.39. The van der Waals surface area contributed by atoms with Crippen molar-refractivity contribution in [2.75, 3.05) is 13.2 Å². The van der Waals surface area contributed by atoms with Gasteiger partial charge in [0.2, 0.25) is 5.91 Å². The third kappa shape index (κ3) is 4.08. The van der Waals surface area contributed by atoms with Crippen molar-refractivity contribution in [3.8, 4) is 0 Å². The largest absolute Gasteiger partial charge is 0.464 e. The molecule has 5 heteroatoms. The predicted octanol–water partition coefficient (Wildman–Crippen LogP) is 2.91. The molecule has 1 saturated heterocycles. The second-order valence-electron chi connectivity index (χ2n) is 4.83. The maximum absolute atomic E-state index is 12.2. The molecule has 112 valence electrons. The second kappa shape index (κ2) is 7.27. The van der Waals surface area contributed by atoms with E-state index < -0.39 is 6.04 Å². The summed E-state index contributed by atoms with van der Waals surface area (Å²) < 4.78 is 5.01. The molecule has 1 fully saturated rings. The molecule has 0 radical (unpaired) electrons. The number of likely N-dealkylation sites (tertiary alicyclic amines) is 1. The minimum absolute atomic E-state index is 0.175. The summed E-state index contributed by atoms with van der Waals surface area (Å²) in [5.41, 5.74) is 0.850. The van der Waals surface area contributed by atoms with Crippen molar-refractivity contribution in [2.45, 2.75) is 25.8 Å². The fourth-order valence-corrected chi connectivity index (χ4v) is 2.59. The molecule has 1 aliphatic heterocycles. The van der Waals surface area contributed by atoms with Gasteiger partial charge in [-0.2, -0.15) is 0 Å². The van der Waals surface area contributed by atoms with Gasteiger partial charge in [0.1, 0.15) is 6.04 Å². The number of rotatable bonds is 4. The fourth-order valence-electron chi connectivity index (χ4n) is 2.39. The van der Waals surface area contributed by atoms with Crippen LogP contribution in [0.15, 0.2) is 30.3 Å². The Bertz CT molecular complexity index is 556. The van der Waals surface area contributed by atoms with Crippen LogP contribution in [-0.4, -0.2) is 36.0 Å².